The van der Waals surface area contributed by atoms with Crippen LogP contribution in [-0.2, 0) is 20.9 Å². The number of ether oxygens (including phenoxy) is 1. The van der Waals surface area contributed by atoms with Crippen LogP contribution in [0.5, 0.6) is 0 Å². The molecule has 156 valence electrons. The van der Waals surface area contributed by atoms with Gasteiger partial charge >= 0.3 is 18.0 Å². The van der Waals surface area contributed by atoms with Crippen molar-refractivity contribution in [1.29, 1.82) is 0 Å². The van der Waals surface area contributed by atoms with Gasteiger partial charge in [0.05, 0.1) is 6.42 Å². The maximum atomic E-state index is 12.7. The summed E-state index contributed by atoms with van der Waals surface area (Å²) in [6, 6.07) is 16.9. The summed E-state index contributed by atoms with van der Waals surface area (Å²) >= 11 is 0. The van der Waals surface area contributed by atoms with Gasteiger partial charge in [-0.15, -0.1) is 0 Å². The van der Waals surface area contributed by atoms with Crippen LogP contribution in [-0.4, -0.2) is 45.7 Å². The SMILES string of the molecule is C=C(c1ccccc1)[C@@H]1CN(C(=O)OCc2ccccc2)[C@H](C(=O)O)[C@H]1CC(=O)O. The lowest BCUT2D eigenvalue weighted by atomic mass is 9.81. The van der Waals surface area contributed by atoms with Crippen LogP contribution in [0.3, 0.4) is 0 Å². The topological polar surface area (TPSA) is 104 Å². The summed E-state index contributed by atoms with van der Waals surface area (Å²) in [5.41, 5.74) is 2.15. The quantitative estimate of drug-likeness (QED) is 0.725. The Bertz CT molecular complexity index is 927. The number of benzene rings is 2. The first-order valence-electron chi connectivity index (χ1n) is 9.54. The van der Waals surface area contributed by atoms with E-state index in [1.54, 1.807) is 12.1 Å². The van der Waals surface area contributed by atoms with Gasteiger partial charge in [0.1, 0.15) is 12.6 Å². The highest BCUT2D eigenvalue weighted by Crippen LogP contribution is 2.40. The zero-order valence-electron chi connectivity index (χ0n) is 16.3. The fourth-order valence-electron chi connectivity index (χ4n) is 3.91. The second-order valence-electron chi connectivity index (χ2n) is 7.24. The third-order valence-electron chi connectivity index (χ3n) is 5.35. The van der Waals surface area contributed by atoms with E-state index in [9.17, 15) is 24.6 Å². The zero-order valence-corrected chi connectivity index (χ0v) is 16.3. The minimum atomic E-state index is -1.31. The molecule has 3 atom stereocenters. The van der Waals surface area contributed by atoms with Crippen molar-refractivity contribution in [2.75, 3.05) is 6.54 Å². The number of amides is 1. The zero-order chi connectivity index (χ0) is 21.7. The van der Waals surface area contributed by atoms with Gasteiger partial charge in [0.2, 0.25) is 0 Å². The van der Waals surface area contributed by atoms with Gasteiger partial charge < -0.3 is 14.9 Å². The molecule has 2 aromatic carbocycles. The summed E-state index contributed by atoms with van der Waals surface area (Å²) in [6.45, 7) is 4.10. The van der Waals surface area contributed by atoms with Gasteiger partial charge in [0, 0.05) is 18.4 Å². The van der Waals surface area contributed by atoms with E-state index in [1.165, 1.54) is 0 Å². The number of carbonyl (C=O) groups is 3. The summed E-state index contributed by atoms with van der Waals surface area (Å²) in [5.74, 6) is -3.73. The van der Waals surface area contributed by atoms with E-state index in [0.717, 1.165) is 16.0 Å². The lowest BCUT2D eigenvalue weighted by Gasteiger charge is -2.24. The molecule has 30 heavy (non-hydrogen) atoms. The molecule has 1 amide bonds. The van der Waals surface area contributed by atoms with Gasteiger partial charge in [0.25, 0.3) is 0 Å². The smallest absolute Gasteiger partial charge is 0.410 e. The first kappa shape index (κ1) is 21.1. The standard InChI is InChI=1S/C23H23NO6/c1-15(17-10-6-3-7-11-17)19-13-24(21(22(27)28)18(19)12-20(25)26)23(29)30-14-16-8-4-2-5-9-16/h2-11,18-19,21H,1,12-14H2,(H,25,26)(H,27,28)/t18-,19-,21-/m0/s1. The van der Waals surface area contributed by atoms with Crippen molar-refractivity contribution in [1.82, 2.24) is 4.90 Å². The summed E-state index contributed by atoms with van der Waals surface area (Å²) in [7, 11) is 0. The van der Waals surface area contributed by atoms with E-state index < -0.39 is 42.3 Å². The second kappa shape index (κ2) is 9.26. The van der Waals surface area contributed by atoms with Gasteiger partial charge in [0.15, 0.2) is 0 Å². The second-order valence-corrected chi connectivity index (χ2v) is 7.24. The van der Waals surface area contributed by atoms with Crippen LogP contribution in [0.2, 0.25) is 0 Å². The Morgan fingerprint density at radius 1 is 1.00 bits per heavy atom. The van der Waals surface area contributed by atoms with Gasteiger partial charge in [-0.2, -0.15) is 0 Å². The molecule has 1 aliphatic rings. The highest BCUT2D eigenvalue weighted by atomic mass is 16.6. The van der Waals surface area contributed by atoms with Crippen molar-refractivity contribution in [3.63, 3.8) is 0 Å². The van der Waals surface area contributed by atoms with Crippen molar-refractivity contribution in [3.05, 3.63) is 78.4 Å². The van der Waals surface area contributed by atoms with Crippen LogP contribution in [0.1, 0.15) is 17.5 Å². The average molecular weight is 409 g/mol. The van der Waals surface area contributed by atoms with E-state index in [2.05, 4.69) is 6.58 Å². The molecule has 0 spiro atoms. The molecule has 1 aliphatic heterocycles. The Morgan fingerprint density at radius 2 is 1.60 bits per heavy atom. The molecule has 1 heterocycles. The monoisotopic (exact) mass is 409 g/mol. The van der Waals surface area contributed by atoms with E-state index >= 15 is 0 Å². The molecule has 7 heteroatoms. The highest BCUT2D eigenvalue weighted by Gasteiger charge is 2.50. The van der Waals surface area contributed by atoms with Gasteiger partial charge in [-0.05, 0) is 16.7 Å². The maximum absolute atomic E-state index is 12.7. The Kier molecular flexibility index (Phi) is 6.51. The average Bonchev–Trinajstić information content (AvgIpc) is 3.11. The minimum Gasteiger partial charge on any atom is -0.481 e. The third kappa shape index (κ3) is 4.68. The van der Waals surface area contributed by atoms with Crippen LogP contribution >= 0.6 is 0 Å². The Morgan fingerprint density at radius 3 is 2.17 bits per heavy atom. The number of hydrogen-bond donors (Lipinski definition) is 2. The summed E-state index contributed by atoms with van der Waals surface area (Å²) < 4.78 is 5.33. The van der Waals surface area contributed by atoms with E-state index in [4.69, 9.17) is 4.74 Å². The van der Waals surface area contributed by atoms with Crippen molar-refractivity contribution in [3.8, 4) is 0 Å². The molecular weight excluding hydrogens is 386 g/mol. The number of carbonyl (C=O) groups excluding carboxylic acids is 1. The van der Waals surface area contributed by atoms with Crippen LogP contribution < -0.4 is 0 Å². The van der Waals surface area contributed by atoms with Crippen LogP contribution in [0.25, 0.3) is 5.57 Å². The van der Waals surface area contributed by atoms with E-state index in [0.29, 0.717) is 5.57 Å². The number of likely N-dealkylation sites (tertiary alicyclic amines) is 1. The predicted octanol–water partition coefficient (Wildman–Crippen LogP) is 3.51. The molecule has 3 rings (SSSR count). The molecule has 1 saturated heterocycles. The largest absolute Gasteiger partial charge is 0.481 e. The van der Waals surface area contributed by atoms with E-state index in [-0.39, 0.29) is 13.2 Å². The Balaban J connectivity index is 1.84. The number of nitrogens with zero attached hydrogens (tertiary/aromatic N) is 1. The lowest BCUT2D eigenvalue weighted by Crippen LogP contribution is -2.44. The van der Waals surface area contributed by atoms with Gasteiger partial charge in [-0.1, -0.05) is 67.2 Å². The van der Waals surface area contributed by atoms with Crippen molar-refractivity contribution >= 4 is 23.6 Å². The van der Waals surface area contributed by atoms with Crippen molar-refractivity contribution in [2.45, 2.75) is 19.1 Å². The first-order chi connectivity index (χ1) is 14.4. The first-order valence-corrected chi connectivity index (χ1v) is 9.54. The van der Waals surface area contributed by atoms with Crippen molar-refractivity contribution in [2.24, 2.45) is 11.8 Å². The number of aliphatic carboxylic acids is 2. The molecule has 0 unspecified atom stereocenters. The summed E-state index contributed by atoms with van der Waals surface area (Å²) in [6.07, 6.45) is -1.18. The molecule has 0 aliphatic carbocycles. The van der Waals surface area contributed by atoms with Crippen molar-refractivity contribution < 1.29 is 29.3 Å². The third-order valence-corrected chi connectivity index (χ3v) is 5.35. The maximum Gasteiger partial charge on any atom is 0.410 e. The van der Waals surface area contributed by atoms with Gasteiger partial charge in [-0.3, -0.25) is 9.69 Å². The number of hydrogen-bond acceptors (Lipinski definition) is 4. The Hall–Kier alpha value is -3.61. The number of rotatable bonds is 7. The number of carboxylic acids is 2. The fraction of sp³-hybridized carbons (Fsp3) is 0.261. The lowest BCUT2D eigenvalue weighted by molar-refractivity contribution is -0.144. The van der Waals surface area contributed by atoms with E-state index in [1.807, 2.05) is 48.5 Å². The van der Waals surface area contributed by atoms with Gasteiger partial charge in [-0.25, -0.2) is 9.59 Å². The van der Waals surface area contributed by atoms with Crippen LogP contribution in [0.15, 0.2) is 67.2 Å². The summed E-state index contributed by atoms with van der Waals surface area (Å²) in [4.78, 5) is 37.3. The molecule has 2 aromatic rings. The molecule has 7 nitrogen and oxygen atoms in total. The molecule has 0 bridgehead atoms. The number of carboxylic acid groups (broad SMARTS) is 2. The Labute approximate surface area is 174 Å². The molecule has 2 N–H and O–H groups in total. The molecule has 0 radical (unpaired) electrons. The molecule has 0 saturated carbocycles. The molecule has 1 fully saturated rings. The predicted molar refractivity (Wildman–Crippen MR) is 109 cm³/mol. The fourth-order valence-corrected chi connectivity index (χ4v) is 3.91. The minimum absolute atomic E-state index is 0.00356. The highest BCUT2D eigenvalue weighted by molar-refractivity contribution is 5.84. The molecule has 0 aromatic heterocycles. The summed E-state index contributed by atoms with van der Waals surface area (Å²) in [5, 5.41) is 19.2. The van der Waals surface area contributed by atoms with Crippen LogP contribution in [0.4, 0.5) is 4.79 Å². The van der Waals surface area contributed by atoms with Crippen LogP contribution in [0, 0.1) is 11.8 Å². The molecular formula is C23H23NO6. The normalized spacial score (nSPS) is 20.5.